The van der Waals surface area contributed by atoms with E-state index in [0.29, 0.717) is 0 Å². The van der Waals surface area contributed by atoms with Gasteiger partial charge < -0.3 is 0 Å². The van der Waals surface area contributed by atoms with Crippen molar-refractivity contribution in [3.05, 3.63) is 179 Å². The lowest BCUT2D eigenvalue weighted by molar-refractivity contribution is 0.731. The zero-order chi connectivity index (χ0) is 26.5. The molecule has 4 aliphatic carbocycles. The molecule has 186 valence electrons. The van der Waals surface area contributed by atoms with Gasteiger partial charge in [0.2, 0.25) is 0 Å². The first-order valence-corrected chi connectivity index (χ1v) is 14.0. The Balaban J connectivity index is 1.53. The molecule has 0 nitrogen and oxygen atoms in total. The van der Waals surface area contributed by atoms with Crippen molar-refractivity contribution in [3.8, 4) is 34.1 Å². The van der Waals surface area contributed by atoms with Gasteiger partial charge in [0.05, 0.1) is 5.92 Å². The predicted molar refractivity (Wildman–Crippen MR) is 165 cm³/mol. The first kappa shape index (κ1) is 22.9. The summed E-state index contributed by atoms with van der Waals surface area (Å²) in [5.41, 5.74) is 15.8. The van der Waals surface area contributed by atoms with Gasteiger partial charge in [-0.3, -0.25) is 0 Å². The highest BCUT2D eigenvalue weighted by Crippen LogP contribution is 2.55. The maximum absolute atomic E-state index is 4.10. The van der Waals surface area contributed by atoms with E-state index in [2.05, 4.69) is 163 Å². The van der Waals surface area contributed by atoms with Crippen LogP contribution in [0.3, 0.4) is 0 Å². The van der Waals surface area contributed by atoms with Crippen LogP contribution >= 0.6 is 0 Å². The van der Waals surface area contributed by atoms with Crippen LogP contribution in [0.2, 0.25) is 0 Å². The number of benzene rings is 4. The third kappa shape index (κ3) is 3.29. The van der Waals surface area contributed by atoms with Crippen molar-refractivity contribution in [2.45, 2.75) is 5.41 Å². The topological polar surface area (TPSA) is 0 Å². The Bertz CT molecular complexity index is 1840. The number of rotatable bonds is 2. The van der Waals surface area contributed by atoms with Crippen LogP contribution in [0.5, 0.6) is 0 Å². The molecule has 0 spiro atoms. The fourth-order valence-corrected chi connectivity index (χ4v) is 6.78. The van der Waals surface area contributed by atoms with Gasteiger partial charge in [0, 0.05) is 17.1 Å². The lowest BCUT2D eigenvalue weighted by Gasteiger charge is -2.31. The van der Waals surface area contributed by atoms with Gasteiger partial charge in [-0.15, -0.1) is 5.73 Å². The summed E-state index contributed by atoms with van der Waals surface area (Å²) in [4.78, 5) is 0. The summed E-state index contributed by atoms with van der Waals surface area (Å²) < 4.78 is 0. The summed E-state index contributed by atoms with van der Waals surface area (Å²) in [7, 11) is 0. The minimum absolute atomic E-state index is 0.0793. The molecule has 0 fully saturated rings. The first-order chi connectivity index (χ1) is 19.8. The fourth-order valence-electron chi connectivity index (χ4n) is 6.78. The van der Waals surface area contributed by atoms with Gasteiger partial charge >= 0.3 is 0 Å². The quantitative estimate of drug-likeness (QED) is 0.165. The molecule has 40 heavy (non-hydrogen) atoms. The van der Waals surface area contributed by atoms with Gasteiger partial charge in [0.25, 0.3) is 0 Å². The van der Waals surface area contributed by atoms with Crippen LogP contribution in [0.25, 0.3) is 27.8 Å². The van der Waals surface area contributed by atoms with Crippen LogP contribution in [0.1, 0.15) is 22.3 Å². The van der Waals surface area contributed by atoms with Gasteiger partial charge in [-0.1, -0.05) is 158 Å². The van der Waals surface area contributed by atoms with E-state index in [9.17, 15) is 0 Å². The Hall–Kier alpha value is -5.08. The Labute approximate surface area is 235 Å². The molecule has 0 heteroatoms. The molecule has 0 saturated carbocycles. The van der Waals surface area contributed by atoms with Crippen LogP contribution < -0.4 is 0 Å². The zero-order valence-electron chi connectivity index (χ0n) is 22.0. The second-order valence-electron chi connectivity index (χ2n) is 10.7. The molecule has 4 aromatic carbocycles. The molecule has 0 N–H and O–H groups in total. The highest BCUT2D eigenvalue weighted by molar-refractivity contribution is 6.01. The third-order valence-electron chi connectivity index (χ3n) is 8.55. The predicted octanol–water partition coefficient (Wildman–Crippen LogP) is 9.08. The lowest BCUT2D eigenvalue weighted by atomic mass is 9.68. The summed E-state index contributed by atoms with van der Waals surface area (Å²) >= 11 is 0. The van der Waals surface area contributed by atoms with Crippen molar-refractivity contribution in [1.82, 2.24) is 0 Å². The van der Waals surface area contributed by atoms with Crippen molar-refractivity contribution in [2.75, 3.05) is 0 Å². The lowest BCUT2D eigenvalue weighted by Crippen LogP contribution is -2.29. The summed E-state index contributed by atoms with van der Waals surface area (Å²) in [5.74, 6) is 7.77. The van der Waals surface area contributed by atoms with Gasteiger partial charge in [-0.2, -0.15) is 0 Å². The summed E-state index contributed by atoms with van der Waals surface area (Å²) in [5, 5.41) is 0. The molecule has 4 aromatic rings. The van der Waals surface area contributed by atoms with Crippen LogP contribution in [0, 0.1) is 23.7 Å². The van der Waals surface area contributed by atoms with Crippen molar-refractivity contribution >= 4 is 5.57 Å². The molecule has 0 amide bonds. The number of allylic oxidation sites excluding steroid dienone is 9. The van der Waals surface area contributed by atoms with Crippen LogP contribution in [0.15, 0.2) is 157 Å². The minimum Gasteiger partial charge on any atom is -0.109 e. The number of hydrogen-bond acceptors (Lipinski definition) is 0. The zero-order valence-corrected chi connectivity index (χ0v) is 22.0. The first-order valence-electron chi connectivity index (χ1n) is 14.0. The molecular formula is C40H26. The Kier molecular flexibility index (Phi) is 5.14. The molecule has 0 bridgehead atoms. The van der Waals surface area contributed by atoms with Crippen molar-refractivity contribution < 1.29 is 0 Å². The maximum Gasteiger partial charge on any atom is 0.112 e. The van der Waals surface area contributed by atoms with E-state index in [0.717, 1.165) is 5.57 Å². The van der Waals surface area contributed by atoms with Crippen LogP contribution in [-0.4, -0.2) is 0 Å². The third-order valence-corrected chi connectivity index (χ3v) is 8.55. The van der Waals surface area contributed by atoms with E-state index in [1.54, 1.807) is 0 Å². The number of hydrogen-bond donors (Lipinski definition) is 0. The molecule has 0 saturated heterocycles. The smallest absolute Gasteiger partial charge is 0.109 e. The molecule has 8 rings (SSSR count). The molecule has 0 unspecified atom stereocenters. The fraction of sp³-hybridized carbons (Fsp3) is 0.0750. The van der Waals surface area contributed by atoms with Gasteiger partial charge in [-0.25, -0.2) is 0 Å². The highest BCUT2D eigenvalue weighted by atomic mass is 14.5. The molecule has 0 atom stereocenters. The van der Waals surface area contributed by atoms with Gasteiger partial charge in [0.15, 0.2) is 0 Å². The Morgan fingerprint density at radius 2 is 0.950 bits per heavy atom. The molecule has 0 radical (unpaired) electrons. The minimum atomic E-state index is -0.638. The van der Waals surface area contributed by atoms with Crippen LogP contribution in [-0.2, 0) is 5.41 Å². The van der Waals surface area contributed by atoms with E-state index in [4.69, 9.17) is 0 Å². The van der Waals surface area contributed by atoms with Gasteiger partial charge in [-0.05, 0) is 44.5 Å². The average Bonchev–Trinajstić information content (AvgIpc) is 3.82. The van der Waals surface area contributed by atoms with E-state index in [-0.39, 0.29) is 11.8 Å². The van der Waals surface area contributed by atoms with E-state index in [1.165, 1.54) is 50.1 Å². The normalized spacial score (nSPS) is 16.8. The Morgan fingerprint density at radius 1 is 0.500 bits per heavy atom. The molecule has 0 aromatic heterocycles. The van der Waals surface area contributed by atoms with E-state index in [1.807, 2.05) is 0 Å². The molecule has 4 aliphatic rings. The molecular weight excluding hydrogens is 480 g/mol. The van der Waals surface area contributed by atoms with Crippen LogP contribution in [0.4, 0.5) is 0 Å². The summed E-state index contributed by atoms with van der Waals surface area (Å²) in [6, 6.07) is 35.1. The average molecular weight is 507 g/mol. The van der Waals surface area contributed by atoms with Crippen molar-refractivity contribution in [2.24, 2.45) is 11.8 Å². The monoisotopic (exact) mass is 506 g/mol. The summed E-state index contributed by atoms with van der Waals surface area (Å²) in [6.45, 7) is 0. The maximum atomic E-state index is 4.10. The number of fused-ring (bicyclic) bond motifs is 6. The largest absolute Gasteiger partial charge is 0.112 e. The van der Waals surface area contributed by atoms with E-state index >= 15 is 0 Å². The van der Waals surface area contributed by atoms with Crippen molar-refractivity contribution in [3.63, 3.8) is 0 Å². The second-order valence-corrected chi connectivity index (χ2v) is 10.7. The van der Waals surface area contributed by atoms with Gasteiger partial charge in [0.1, 0.15) is 5.41 Å². The van der Waals surface area contributed by atoms with Crippen molar-refractivity contribution in [1.29, 1.82) is 0 Å². The second kappa shape index (κ2) is 9.00. The SMILES string of the molecule is C(=C1c2ccccc2-c2ccccc21)=C(C1C=CC=C1)C1(C#CC2C=CC=C2)c2ccccc2-c2ccccc21. The highest BCUT2D eigenvalue weighted by Gasteiger charge is 2.47. The molecule has 0 heterocycles. The molecule has 0 aliphatic heterocycles. The standard InChI is InChI=1S/C40H26/c1-2-14-28(13-1)25-26-40(37-23-11-9-21-34(37)35-22-10-12-24-38(35)40)39(29-15-3-4-16-29)27-36-32-19-7-5-17-30(32)31-18-6-8-20-33(31)36/h1-24,28-29H. The summed E-state index contributed by atoms with van der Waals surface area (Å²) in [6.07, 6.45) is 17.4. The van der Waals surface area contributed by atoms with E-state index < -0.39 is 5.41 Å². The Morgan fingerprint density at radius 3 is 1.50 bits per heavy atom.